The Labute approximate surface area is 449 Å². The standard InChI is InChI=1S/C70H51N7/c1-7-24-52(25-8-1)68-51-69(53-26-9-2-10-27-53)72-70(71-68)77-66-44-22-42-64(49-66)75(56-32-15-5-16-33-56)62-40-20-38-60(47-62)73(54-28-11-3-12-29-54)58-36-19-37-59(46-58)74(55-30-13-4-14-31-55)61-39-21-41-63(48-61)76(57-34-17-6-18-35-57)65-43-23-45-67(77)50-65/h1-51H. The number of fused-ring (bicyclic) bond motifs is 10. The molecule has 1 aliphatic heterocycles. The van der Waals surface area contributed by atoms with Gasteiger partial charge in [-0.3, -0.25) is 4.90 Å². The van der Waals surface area contributed by atoms with E-state index in [1.165, 1.54) is 0 Å². The molecule has 13 rings (SSSR count). The number of anilines is 15. The summed E-state index contributed by atoms with van der Waals surface area (Å²) >= 11 is 0. The molecule has 366 valence electrons. The molecule has 12 aromatic rings. The van der Waals surface area contributed by atoms with E-state index in [4.69, 9.17) is 9.97 Å². The van der Waals surface area contributed by atoms with Gasteiger partial charge in [0.25, 0.3) is 0 Å². The summed E-state index contributed by atoms with van der Waals surface area (Å²) in [5, 5.41) is 0. The molecule has 0 N–H and O–H groups in total. The number of benzene rings is 11. The maximum absolute atomic E-state index is 5.49. The second-order valence-electron chi connectivity index (χ2n) is 18.8. The van der Waals surface area contributed by atoms with Crippen LogP contribution in [0.5, 0.6) is 0 Å². The topological polar surface area (TPSA) is 42.0 Å². The lowest BCUT2D eigenvalue weighted by molar-refractivity contribution is 1.08. The van der Waals surface area contributed by atoms with Gasteiger partial charge in [0.05, 0.1) is 22.8 Å². The summed E-state index contributed by atoms with van der Waals surface area (Å²) in [6.45, 7) is 0. The normalized spacial score (nSPS) is 12.3. The highest BCUT2D eigenvalue weighted by molar-refractivity contribution is 5.90. The van der Waals surface area contributed by atoms with Crippen molar-refractivity contribution in [2.75, 3.05) is 24.5 Å². The Morgan fingerprint density at radius 3 is 0.597 bits per heavy atom. The molecular weight excluding hydrogens is 939 g/mol. The van der Waals surface area contributed by atoms with Gasteiger partial charge in [0.15, 0.2) is 0 Å². The zero-order chi connectivity index (χ0) is 51.3. The largest absolute Gasteiger partial charge is 0.310 e. The quantitative estimate of drug-likeness (QED) is 0.158. The molecule has 0 amide bonds. The van der Waals surface area contributed by atoms with Gasteiger partial charge in [0.1, 0.15) is 0 Å². The second-order valence-corrected chi connectivity index (χ2v) is 18.8. The van der Waals surface area contributed by atoms with E-state index in [0.29, 0.717) is 5.95 Å². The zero-order valence-corrected chi connectivity index (χ0v) is 42.1. The predicted octanol–water partition coefficient (Wildman–Crippen LogP) is 19.5. The summed E-state index contributed by atoms with van der Waals surface area (Å²) in [4.78, 5) is 22.5. The monoisotopic (exact) mass is 989 g/mol. The van der Waals surface area contributed by atoms with Crippen LogP contribution in [0, 0.1) is 0 Å². The van der Waals surface area contributed by atoms with E-state index >= 15 is 0 Å². The number of rotatable bonds is 7. The van der Waals surface area contributed by atoms with Crippen LogP contribution in [0.4, 0.5) is 85.6 Å². The molecule has 0 spiro atoms. The van der Waals surface area contributed by atoms with Crippen molar-refractivity contribution in [1.29, 1.82) is 0 Å². The Morgan fingerprint density at radius 1 is 0.169 bits per heavy atom. The Hall–Kier alpha value is -10.5. The van der Waals surface area contributed by atoms with Crippen molar-refractivity contribution in [3.8, 4) is 22.5 Å². The third kappa shape index (κ3) is 9.41. The molecule has 7 nitrogen and oxygen atoms in total. The van der Waals surface area contributed by atoms with Crippen LogP contribution in [-0.4, -0.2) is 9.97 Å². The maximum Gasteiger partial charge on any atom is 0.235 e. The van der Waals surface area contributed by atoms with Crippen LogP contribution in [0.2, 0.25) is 0 Å². The number of nitrogens with zero attached hydrogens (tertiary/aromatic N) is 7. The first-order valence-corrected chi connectivity index (χ1v) is 25.9. The van der Waals surface area contributed by atoms with E-state index in [9.17, 15) is 0 Å². The average Bonchev–Trinajstić information content (AvgIpc) is 3.51. The summed E-state index contributed by atoms with van der Waals surface area (Å²) in [6.07, 6.45) is 0. The Kier molecular flexibility index (Phi) is 12.5. The van der Waals surface area contributed by atoms with Crippen LogP contribution < -0.4 is 24.5 Å². The lowest BCUT2D eigenvalue weighted by Gasteiger charge is -2.32. The lowest BCUT2D eigenvalue weighted by Crippen LogP contribution is -2.17. The van der Waals surface area contributed by atoms with Crippen LogP contribution >= 0.6 is 0 Å². The van der Waals surface area contributed by atoms with Gasteiger partial charge in [-0.05, 0) is 146 Å². The molecule has 0 saturated carbocycles. The Morgan fingerprint density at radius 2 is 0.364 bits per heavy atom. The number of hydrogen-bond acceptors (Lipinski definition) is 7. The fourth-order valence-corrected chi connectivity index (χ4v) is 10.4. The molecule has 0 unspecified atom stereocenters. The van der Waals surface area contributed by atoms with Crippen LogP contribution in [0.15, 0.2) is 309 Å². The molecule has 0 fully saturated rings. The summed E-state index contributed by atoms with van der Waals surface area (Å²) < 4.78 is 0. The molecule has 77 heavy (non-hydrogen) atoms. The summed E-state index contributed by atoms with van der Waals surface area (Å²) in [6, 6.07) is 109. The maximum atomic E-state index is 5.49. The van der Waals surface area contributed by atoms with E-state index in [0.717, 1.165) is 102 Å². The second kappa shape index (κ2) is 20.8. The fraction of sp³-hybridized carbons (Fsp3) is 0. The molecule has 0 radical (unpaired) electrons. The van der Waals surface area contributed by atoms with Crippen molar-refractivity contribution >= 4 is 85.6 Å². The van der Waals surface area contributed by atoms with Gasteiger partial charge >= 0.3 is 0 Å². The molecule has 1 aliphatic rings. The Balaban J connectivity index is 1.11. The smallest absolute Gasteiger partial charge is 0.235 e. The van der Waals surface area contributed by atoms with Crippen molar-refractivity contribution in [1.82, 2.24) is 9.97 Å². The first-order chi connectivity index (χ1) is 38.2. The van der Waals surface area contributed by atoms with Crippen molar-refractivity contribution in [2.45, 2.75) is 0 Å². The van der Waals surface area contributed by atoms with Gasteiger partial charge in [0.2, 0.25) is 5.95 Å². The minimum absolute atomic E-state index is 0.529. The third-order valence-electron chi connectivity index (χ3n) is 13.8. The van der Waals surface area contributed by atoms with E-state index < -0.39 is 0 Å². The molecule has 0 atom stereocenters. The van der Waals surface area contributed by atoms with E-state index in [1.807, 2.05) is 12.1 Å². The lowest BCUT2D eigenvalue weighted by atomic mass is 10.1. The van der Waals surface area contributed by atoms with Gasteiger partial charge in [-0.15, -0.1) is 0 Å². The van der Waals surface area contributed by atoms with E-state index in [-0.39, 0.29) is 0 Å². The molecule has 11 aromatic carbocycles. The zero-order valence-electron chi connectivity index (χ0n) is 42.1. The molecular formula is C70H51N7. The van der Waals surface area contributed by atoms with Gasteiger partial charge in [0, 0.05) is 79.4 Å². The predicted molar refractivity (Wildman–Crippen MR) is 320 cm³/mol. The van der Waals surface area contributed by atoms with Gasteiger partial charge < -0.3 is 19.6 Å². The third-order valence-corrected chi connectivity index (χ3v) is 13.8. The minimum Gasteiger partial charge on any atom is -0.310 e. The first kappa shape index (κ1) is 46.3. The average molecular weight is 990 g/mol. The number of aromatic nitrogens is 2. The van der Waals surface area contributed by atoms with Gasteiger partial charge in [-0.2, -0.15) is 0 Å². The highest BCUT2D eigenvalue weighted by Gasteiger charge is 2.25. The first-order valence-electron chi connectivity index (χ1n) is 25.9. The molecule has 7 heteroatoms. The molecule has 0 aliphatic carbocycles. The van der Waals surface area contributed by atoms with Crippen molar-refractivity contribution in [2.24, 2.45) is 0 Å². The van der Waals surface area contributed by atoms with Crippen molar-refractivity contribution < 1.29 is 0 Å². The molecule has 2 heterocycles. The number of hydrogen-bond donors (Lipinski definition) is 0. The summed E-state index contributed by atoms with van der Waals surface area (Å²) in [5.41, 5.74) is 17.4. The van der Waals surface area contributed by atoms with Gasteiger partial charge in [-0.1, -0.05) is 164 Å². The highest BCUT2D eigenvalue weighted by atomic mass is 15.3. The molecule has 1 aromatic heterocycles. The number of para-hydroxylation sites is 4. The summed E-state index contributed by atoms with van der Waals surface area (Å²) in [7, 11) is 0. The highest BCUT2D eigenvalue weighted by Crippen LogP contribution is 2.47. The van der Waals surface area contributed by atoms with Crippen LogP contribution in [0.1, 0.15) is 0 Å². The van der Waals surface area contributed by atoms with Crippen LogP contribution in [-0.2, 0) is 0 Å². The fourth-order valence-electron chi connectivity index (χ4n) is 10.4. The van der Waals surface area contributed by atoms with E-state index in [1.54, 1.807) is 0 Å². The van der Waals surface area contributed by atoms with Gasteiger partial charge in [-0.25, -0.2) is 9.97 Å². The Bertz CT molecular complexity index is 3700. The summed E-state index contributed by atoms with van der Waals surface area (Å²) in [5.74, 6) is 0.529. The van der Waals surface area contributed by atoms with E-state index in [2.05, 4.69) is 322 Å². The molecule has 0 saturated heterocycles. The minimum atomic E-state index is 0.529. The van der Waals surface area contributed by atoms with Crippen molar-refractivity contribution in [3.63, 3.8) is 0 Å². The molecule has 10 bridgehead atoms. The SMILES string of the molecule is c1ccc(-c2cc(-c3ccccc3)nc(N3c4cccc(c4)N(c4ccccc4)c4cccc(c4)N(c4ccccc4)c4cccc(c4)N(c4ccccc4)c4cccc(c4)N(c4ccccc4)c4cccc3c4)n2)cc1. The van der Waals surface area contributed by atoms with Crippen LogP contribution in [0.25, 0.3) is 22.5 Å². The van der Waals surface area contributed by atoms with Crippen molar-refractivity contribution in [3.05, 3.63) is 309 Å². The van der Waals surface area contributed by atoms with Crippen LogP contribution in [0.3, 0.4) is 0 Å².